The van der Waals surface area contributed by atoms with Crippen molar-refractivity contribution in [2.75, 3.05) is 0 Å². The summed E-state index contributed by atoms with van der Waals surface area (Å²) < 4.78 is 10.8. The highest BCUT2D eigenvalue weighted by atomic mass is 31.2. The van der Waals surface area contributed by atoms with Gasteiger partial charge in [0.1, 0.15) is 0 Å². The lowest BCUT2D eigenvalue weighted by molar-refractivity contribution is 0.349. The molecule has 0 aromatic carbocycles. The molecule has 0 bridgehead atoms. The van der Waals surface area contributed by atoms with Crippen molar-refractivity contribution in [3.8, 4) is 0 Å². The SMILES string of the molecule is CC(C)=CC(C)(C)P(=O)(O)O. The van der Waals surface area contributed by atoms with E-state index >= 15 is 0 Å². The van der Waals surface area contributed by atoms with Crippen molar-refractivity contribution < 1.29 is 14.4 Å². The Balaban J connectivity index is 4.76. The summed E-state index contributed by atoms with van der Waals surface area (Å²) in [7, 11) is -4.00. The van der Waals surface area contributed by atoms with E-state index in [-0.39, 0.29) is 0 Å². The average molecular weight is 178 g/mol. The first-order valence-corrected chi connectivity index (χ1v) is 5.00. The highest BCUT2D eigenvalue weighted by Crippen LogP contribution is 2.51. The van der Waals surface area contributed by atoms with Crippen LogP contribution in [0.15, 0.2) is 11.6 Å². The maximum absolute atomic E-state index is 10.8. The molecule has 0 aromatic heterocycles. The molecule has 0 saturated heterocycles. The molecule has 0 aliphatic rings. The lowest BCUT2D eigenvalue weighted by atomic mass is 10.1. The molecule has 11 heavy (non-hydrogen) atoms. The zero-order valence-electron chi connectivity index (χ0n) is 7.33. The Morgan fingerprint density at radius 2 is 1.73 bits per heavy atom. The van der Waals surface area contributed by atoms with Crippen LogP contribution in [0.5, 0.6) is 0 Å². The van der Waals surface area contributed by atoms with E-state index in [2.05, 4.69) is 0 Å². The zero-order valence-corrected chi connectivity index (χ0v) is 8.22. The van der Waals surface area contributed by atoms with Crippen LogP contribution >= 0.6 is 7.60 Å². The molecule has 0 unspecified atom stereocenters. The summed E-state index contributed by atoms with van der Waals surface area (Å²) in [5, 5.41) is -1.04. The van der Waals surface area contributed by atoms with Gasteiger partial charge in [-0.2, -0.15) is 0 Å². The topological polar surface area (TPSA) is 57.5 Å². The van der Waals surface area contributed by atoms with Gasteiger partial charge in [0.2, 0.25) is 0 Å². The van der Waals surface area contributed by atoms with Crippen LogP contribution in [0, 0.1) is 0 Å². The Hall–Kier alpha value is -0.110. The molecule has 0 aliphatic heterocycles. The molecule has 0 saturated carbocycles. The molecular formula is C7H15O3P. The van der Waals surface area contributed by atoms with E-state index in [9.17, 15) is 4.57 Å². The maximum atomic E-state index is 10.8. The van der Waals surface area contributed by atoms with Crippen LogP contribution in [0.4, 0.5) is 0 Å². The minimum absolute atomic E-state index is 0.915. The molecule has 0 atom stereocenters. The van der Waals surface area contributed by atoms with Gasteiger partial charge < -0.3 is 9.79 Å². The fraction of sp³-hybridized carbons (Fsp3) is 0.714. The second-order valence-corrected chi connectivity index (χ2v) is 5.66. The molecule has 2 N–H and O–H groups in total. The lowest BCUT2D eigenvalue weighted by Crippen LogP contribution is -2.16. The summed E-state index contributed by atoms with van der Waals surface area (Å²) in [4.78, 5) is 17.7. The van der Waals surface area contributed by atoms with Crippen molar-refractivity contribution >= 4 is 7.60 Å². The second kappa shape index (κ2) is 3.10. The number of hydrogen-bond donors (Lipinski definition) is 2. The average Bonchev–Trinajstić information content (AvgIpc) is 1.56. The Morgan fingerprint density at radius 3 is 1.82 bits per heavy atom. The van der Waals surface area contributed by atoms with E-state index in [1.165, 1.54) is 13.8 Å². The van der Waals surface area contributed by atoms with E-state index in [1.807, 2.05) is 13.8 Å². The van der Waals surface area contributed by atoms with E-state index in [4.69, 9.17) is 9.79 Å². The van der Waals surface area contributed by atoms with Crippen LogP contribution in [0.25, 0.3) is 0 Å². The van der Waals surface area contributed by atoms with Crippen molar-refractivity contribution in [3.05, 3.63) is 11.6 Å². The summed E-state index contributed by atoms with van der Waals surface area (Å²) in [5.74, 6) is 0. The van der Waals surface area contributed by atoms with Gasteiger partial charge in [0, 0.05) is 0 Å². The minimum atomic E-state index is -4.00. The van der Waals surface area contributed by atoms with Crippen LogP contribution in [0.2, 0.25) is 0 Å². The van der Waals surface area contributed by atoms with Crippen LogP contribution in [0.3, 0.4) is 0 Å². The molecule has 3 nitrogen and oxygen atoms in total. The van der Waals surface area contributed by atoms with E-state index < -0.39 is 12.8 Å². The Kier molecular flexibility index (Phi) is 3.06. The van der Waals surface area contributed by atoms with Gasteiger partial charge in [0.05, 0.1) is 5.16 Å². The smallest absolute Gasteiger partial charge is 0.324 e. The number of hydrogen-bond acceptors (Lipinski definition) is 1. The van der Waals surface area contributed by atoms with E-state index in [0.717, 1.165) is 5.57 Å². The van der Waals surface area contributed by atoms with Crippen molar-refractivity contribution in [1.29, 1.82) is 0 Å². The van der Waals surface area contributed by atoms with Crippen molar-refractivity contribution in [3.63, 3.8) is 0 Å². The highest BCUT2D eigenvalue weighted by Gasteiger charge is 2.35. The van der Waals surface area contributed by atoms with E-state index in [0.29, 0.717) is 0 Å². The first kappa shape index (κ1) is 10.9. The highest BCUT2D eigenvalue weighted by molar-refractivity contribution is 7.53. The van der Waals surface area contributed by atoms with Crippen molar-refractivity contribution in [2.24, 2.45) is 0 Å². The van der Waals surface area contributed by atoms with Gasteiger partial charge in [-0.05, 0) is 27.7 Å². The van der Waals surface area contributed by atoms with Gasteiger partial charge in [-0.15, -0.1) is 0 Å². The number of rotatable bonds is 2. The summed E-state index contributed by atoms with van der Waals surface area (Å²) in [5.41, 5.74) is 0.915. The Bertz CT molecular complexity index is 208. The molecule has 0 radical (unpaired) electrons. The Labute approximate surface area is 67.3 Å². The van der Waals surface area contributed by atoms with Crippen LogP contribution < -0.4 is 0 Å². The monoisotopic (exact) mass is 178 g/mol. The molecular weight excluding hydrogens is 163 g/mol. The number of allylic oxidation sites excluding steroid dienone is 2. The van der Waals surface area contributed by atoms with Gasteiger partial charge in [-0.3, -0.25) is 4.57 Å². The largest absolute Gasteiger partial charge is 0.334 e. The lowest BCUT2D eigenvalue weighted by Gasteiger charge is -2.22. The molecule has 0 heterocycles. The third-order valence-electron chi connectivity index (χ3n) is 1.39. The van der Waals surface area contributed by atoms with Crippen LogP contribution in [0.1, 0.15) is 27.7 Å². The van der Waals surface area contributed by atoms with Crippen LogP contribution in [-0.4, -0.2) is 14.9 Å². The molecule has 0 aromatic rings. The predicted molar refractivity (Wildman–Crippen MR) is 45.6 cm³/mol. The first-order valence-electron chi connectivity index (χ1n) is 3.38. The fourth-order valence-electron chi connectivity index (χ4n) is 0.791. The quantitative estimate of drug-likeness (QED) is 0.501. The fourth-order valence-corrected chi connectivity index (χ4v) is 1.22. The normalized spacial score (nSPS) is 12.9. The van der Waals surface area contributed by atoms with Crippen molar-refractivity contribution in [1.82, 2.24) is 0 Å². The minimum Gasteiger partial charge on any atom is -0.324 e. The Morgan fingerprint density at radius 1 is 1.36 bits per heavy atom. The maximum Gasteiger partial charge on any atom is 0.334 e. The summed E-state index contributed by atoms with van der Waals surface area (Å²) in [6.07, 6.45) is 1.59. The molecule has 0 amide bonds. The van der Waals surface area contributed by atoms with Gasteiger partial charge in [0.25, 0.3) is 0 Å². The summed E-state index contributed by atoms with van der Waals surface area (Å²) in [6, 6.07) is 0. The third-order valence-corrected chi connectivity index (χ3v) is 3.02. The predicted octanol–water partition coefficient (Wildman–Crippen LogP) is 1.91. The summed E-state index contributed by atoms with van der Waals surface area (Å²) >= 11 is 0. The van der Waals surface area contributed by atoms with Gasteiger partial charge >= 0.3 is 7.60 Å². The standard InChI is InChI=1S/C7H15O3P/c1-6(2)5-7(3,4)11(8,9)10/h5H,1-4H3,(H2,8,9,10). The van der Waals surface area contributed by atoms with Gasteiger partial charge in [-0.25, -0.2) is 0 Å². The van der Waals surface area contributed by atoms with E-state index in [1.54, 1.807) is 6.08 Å². The molecule has 66 valence electrons. The second-order valence-electron chi connectivity index (χ2n) is 3.42. The third kappa shape index (κ3) is 3.19. The molecule has 4 heteroatoms. The molecule has 0 fully saturated rings. The zero-order chi connectivity index (χ0) is 9.28. The molecule has 0 aliphatic carbocycles. The van der Waals surface area contributed by atoms with Crippen molar-refractivity contribution in [2.45, 2.75) is 32.9 Å². The van der Waals surface area contributed by atoms with Gasteiger partial charge in [-0.1, -0.05) is 11.6 Å². The van der Waals surface area contributed by atoms with Gasteiger partial charge in [0.15, 0.2) is 0 Å². The molecule has 0 rings (SSSR count). The first-order chi connectivity index (χ1) is 4.67. The van der Waals surface area contributed by atoms with Crippen LogP contribution in [-0.2, 0) is 4.57 Å². The summed E-state index contributed by atoms with van der Waals surface area (Å²) in [6.45, 7) is 6.69. The molecule has 0 spiro atoms.